The Hall–Kier alpha value is -4.04. The number of aromatic nitrogens is 2. The van der Waals surface area contributed by atoms with Gasteiger partial charge in [-0.15, -0.1) is 0 Å². The van der Waals surface area contributed by atoms with Crippen LogP contribution in [0, 0.1) is 34.3 Å². The molecule has 126 valence electrons. The highest BCUT2D eigenvalue weighted by atomic mass is 19.1. The molecule has 2 aromatic carbocycles. The number of hydrogen-bond donors (Lipinski definition) is 2. The molecule has 26 heavy (non-hydrogen) atoms. The van der Waals surface area contributed by atoms with E-state index in [9.17, 15) is 8.78 Å². The first-order valence-corrected chi connectivity index (χ1v) is 7.37. The molecule has 0 unspecified atom stereocenters. The lowest BCUT2D eigenvalue weighted by atomic mass is 10.2. The second kappa shape index (κ2) is 7.24. The lowest BCUT2D eigenvalue weighted by Crippen LogP contribution is -2.08. The molecular formula is C18H10F2N6. The highest BCUT2D eigenvalue weighted by Gasteiger charge is 2.16. The quantitative estimate of drug-likeness (QED) is 0.740. The van der Waals surface area contributed by atoms with Gasteiger partial charge in [0.05, 0.1) is 11.4 Å². The standard InChI is InChI=1S/C18H10F2N6/c19-11-5-1-3-7-13(11)23-17-18(24-14-8-4-2-6-12(14)20)26-16(10-22)15(9-21)25-17/h1-8H,(H,23,25)(H,24,26). The Labute approximate surface area is 147 Å². The van der Waals surface area contributed by atoms with Crippen LogP contribution in [0.2, 0.25) is 0 Å². The molecule has 3 aromatic rings. The summed E-state index contributed by atoms with van der Waals surface area (Å²) < 4.78 is 27.8. The summed E-state index contributed by atoms with van der Waals surface area (Å²) in [6, 6.07) is 15.2. The van der Waals surface area contributed by atoms with Crippen molar-refractivity contribution in [1.29, 1.82) is 10.5 Å². The van der Waals surface area contributed by atoms with Crippen LogP contribution in [-0.2, 0) is 0 Å². The van der Waals surface area contributed by atoms with Crippen LogP contribution < -0.4 is 10.6 Å². The van der Waals surface area contributed by atoms with Crippen molar-refractivity contribution in [2.45, 2.75) is 0 Å². The van der Waals surface area contributed by atoms with Gasteiger partial charge in [-0.2, -0.15) is 10.5 Å². The Morgan fingerprint density at radius 2 is 1.08 bits per heavy atom. The zero-order valence-corrected chi connectivity index (χ0v) is 13.2. The largest absolute Gasteiger partial charge is 0.335 e. The van der Waals surface area contributed by atoms with Crippen molar-refractivity contribution in [2.75, 3.05) is 10.6 Å². The van der Waals surface area contributed by atoms with Crippen LogP contribution in [0.25, 0.3) is 0 Å². The topological polar surface area (TPSA) is 97.4 Å². The normalized spacial score (nSPS) is 9.85. The third-order valence-corrected chi connectivity index (χ3v) is 3.36. The van der Waals surface area contributed by atoms with Crippen molar-refractivity contribution >= 4 is 23.0 Å². The molecule has 0 fully saturated rings. The molecule has 0 saturated heterocycles. The van der Waals surface area contributed by atoms with Crippen LogP contribution in [0.4, 0.5) is 31.8 Å². The summed E-state index contributed by atoms with van der Waals surface area (Å²) in [5.41, 5.74) is -0.283. The van der Waals surface area contributed by atoms with Crippen LogP contribution in [-0.4, -0.2) is 9.97 Å². The first-order chi connectivity index (χ1) is 12.6. The van der Waals surface area contributed by atoms with Gasteiger partial charge in [-0.3, -0.25) is 0 Å². The van der Waals surface area contributed by atoms with Gasteiger partial charge in [0.15, 0.2) is 23.0 Å². The van der Waals surface area contributed by atoms with Crippen molar-refractivity contribution in [3.63, 3.8) is 0 Å². The maximum absolute atomic E-state index is 13.9. The Balaban J connectivity index is 2.09. The fourth-order valence-corrected chi connectivity index (χ4v) is 2.15. The maximum atomic E-state index is 13.9. The SMILES string of the molecule is N#Cc1nc(Nc2ccccc2F)c(Nc2ccccc2F)nc1C#N. The fraction of sp³-hybridized carbons (Fsp3) is 0. The lowest BCUT2D eigenvalue weighted by Gasteiger charge is -2.14. The molecule has 0 spiro atoms. The summed E-state index contributed by atoms with van der Waals surface area (Å²) in [5.74, 6) is -1.13. The molecule has 0 aliphatic carbocycles. The van der Waals surface area contributed by atoms with Crippen LogP contribution in [0.3, 0.4) is 0 Å². The number of anilines is 4. The van der Waals surface area contributed by atoms with E-state index in [1.807, 2.05) is 0 Å². The van der Waals surface area contributed by atoms with E-state index >= 15 is 0 Å². The second-order valence-electron chi connectivity index (χ2n) is 5.05. The molecule has 0 aliphatic rings. The summed E-state index contributed by atoms with van der Waals surface area (Å²) in [5, 5.41) is 23.7. The zero-order valence-electron chi connectivity index (χ0n) is 13.2. The van der Waals surface area contributed by atoms with E-state index in [0.717, 1.165) is 0 Å². The predicted octanol–water partition coefficient (Wildman–Crippen LogP) is 3.99. The van der Waals surface area contributed by atoms with Crippen LogP contribution in [0.5, 0.6) is 0 Å². The molecular weight excluding hydrogens is 338 g/mol. The Morgan fingerprint density at radius 3 is 1.42 bits per heavy atom. The van der Waals surface area contributed by atoms with Gasteiger partial charge in [-0.05, 0) is 24.3 Å². The fourth-order valence-electron chi connectivity index (χ4n) is 2.15. The van der Waals surface area contributed by atoms with Gasteiger partial charge < -0.3 is 10.6 Å². The van der Waals surface area contributed by atoms with Crippen molar-refractivity contribution in [3.8, 4) is 12.1 Å². The Morgan fingerprint density at radius 1 is 0.692 bits per heavy atom. The van der Waals surface area contributed by atoms with E-state index < -0.39 is 11.6 Å². The highest BCUT2D eigenvalue weighted by molar-refractivity contribution is 5.73. The van der Waals surface area contributed by atoms with Gasteiger partial charge in [0.25, 0.3) is 0 Å². The number of nitrogens with one attached hydrogen (secondary N) is 2. The highest BCUT2D eigenvalue weighted by Crippen LogP contribution is 2.28. The molecule has 0 saturated carbocycles. The summed E-state index contributed by atoms with van der Waals surface area (Å²) in [6.07, 6.45) is 0. The number of hydrogen-bond acceptors (Lipinski definition) is 6. The summed E-state index contributed by atoms with van der Waals surface area (Å²) >= 11 is 0. The van der Waals surface area contributed by atoms with Gasteiger partial charge in [0, 0.05) is 0 Å². The summed E-state index contributed by atoms with van der Waals surface area (Å²) in [7, 11) is 0. The van der Waals surface area contributed by atoms with Gasteiger partial charge >= 0.3 is 0 Å². The molecule has 1 heterocycles. The maximum Gasteiger partial charge on any atom is 0.179 e. The van der Waals surface area contributed by atoms with Crippen molar-refractivity contribution in [3.05, 3.63) is 71.6 Å². The molecule has 0 atom stereocenters. The van der Waals surface area contributed by atoms with Gasteiger partial charge in [0.1, 0.15) is 23.8 Å². The van der Waals surface area contributed by atoms with Gasteiger partial charge in [-0.25, -0.2) is 18.7 Å². The van der Waals surface area contributed by atoms with Crippen LogP contribution in [0.15, 0.2) is 48.5 Å². The third-order valence-electron chi connectivity index (χ3n) is 3.36. The van der Waals surface area contributed by atoms with Crippen LogP contribution in [0.1, 0.15) is 11.4 Å². The van der Waals surface area contributed by atoms with Gasteiger partial charge in [-0.1, -0.05) is 24.3 Å². The molecule has 8 heteroatoms. The van der Waals surface area contributed by atoms with Gasteiger partial charge in [0.2, 0.25) is 0 Å². The number of para-hydroxylation sites is 2. The molecule has 0 amide bonds. The van der Waals surface area contributed by atoms with E-state index in [1.165, 1.54) is 36.4 Å². The molecule has 0 aliphatic heterocycles. The molecule has 6 nitrogen and oxygen atoms in total. The minimum atomic E-state index is -0.547. The van der Waals surface area contributed by atoms with Crippen molar-refractivity contribution in [2.24, 2.45) is 0 Å². The Kier molecular flexibility index (Phi) is 4.68. The predicted molar refractivity (Wildman–Crippen MR) is 90.8 cm³/mol. The number of benzene rings is 2. The van der Waals surface area contributed by atoms with E-state index in [-0.39, 0.29) is 34.4 Å². The molecule has 1 aromatic heterocycles. The average molecular weight is 348 g/mol. The van der Waals surface area contributed by atoms with E-state index in [1.54, 1.807) is 24.3 Å². The second-order valence-corrected chi connectivity index (χ2v) is 5.05. The van der Waals surface area contributed by atoms with E-state index in [4.69, 9.17) is 10.5 Å². The minimum Gasteiger partial charge on any atom is -0.335 e. The summed E-state index contributed by atoms with van der Waals surface area (Å²) in [4.78, 5) is 8.03. The third kappa shape index (κ3) is 3.40. The lowest BCUT2D eigenvalue weighted by molar-refractivity contribution is 0.631. The number of halogens is 2. The minimum absolute atomic E-state index is 0.0195. The molecule has 0 bridgehead atoms. The molecule has 2 N–H and O–H groups in total. The van der Waals surface area contributed by atoms with E-state index in [0.29, 0.717) is 0 Å². The number of nitrogens with zero attached hydrogens (tertiary/aromatic N) is 4. The number of nitriles is 2. The van der Waals surface area contributed by atoms with Crippen molar-refractivity contribution in [1.82, 2.24) is 9.97 Å². The summed E-state index contributed by atoms with van der Waals surface area (Å²) in [6.45, 7) is 0. The number of rotatable bonds is 4. The van der Waals surface area contributed by atoms with Crippen LogP contribution >= 0.6 is 0 Å². The van der Waals surface area contributed by atoms with Crippen molar-refractivity contribution < 1.29 is 8.78 Å². The van der Waals surface area contributed by atoms with E-state index in [2.05, 4.69) is 20.6 Å². The average Bonchev–Trinajstić information content (AvgIpc) is 2.66. The zero-order chi connectivity index (χ0) is 18.5. The smallest absolute Gasteiger partial charge is 0.179 e. The first kappa shape index (κ1) is 16.8. The molecule has 0 radical (unpaired) electrons. The first-order valence-electron chi connectivity index (χ1n) is 7.37. The molecule has 3 rings (SSSR count). The monoisotopic (exact) mass is 348 g/mol. The Bertz CT molecular complexity index is 968.